The van der Waals surface area contributed by atoms with E-state index in [-0.39, 0.29) is 29.7 Å². The molecule has 0 saturated heterocycles. The van der Waals surface area contributed by atoms with Crippen molar-refractivity contribution in [1.29, 1.82) is 0 Å². The molecule has 138 valence electrons. The first-order valence-electron chi connectivity index (χ1n) is 7.59. The summed E-state index contributed by atoms with van der Waals surface area (Å²) in [6.07, 6.45) is 0. The fraction of sp³-hybridized carbons (Fsp3) is 0.533. The molecule has 9 heteroatoms. The van der Waals surface area contributed by atoms with Crippen molar-refractivity contribution >= 4 is 51.6 Å². The van der Waals surface area contributed by atoms with Crippen molar-refractivity contribution in [2.24, 2.45) is 4.99 Å². The average molecular weight is 489 g/mol. The molecule has 0 fully saturated rings. The van der Waals surface area contributed by atoms with Gasteiger partial charge >= 0.3 is 0 Å². The quantitative estimate of drug-likeness (QED) is 0.335. The Morgan fingerprint density at radius 3 is 2.46 bits per heavy atom. The van der Waals surface area contributed by atoms with Gasteiger partial charge in [-0.3, -0.25) is 4.99 Å². The molecule has 0 radical (unpaired) electrons. The first-order valence-corrected chi connectivity index (χ1v) is 9.58. The summed E-state index contributed by atoms with van der Waals surface area (Å²) in [6, 6.07) is 7.52. The van der Waals surface area contributed by atoms with E-state index in [1.807, 2.05) is 38.1 Å². The molecule has 0 saturated carbocycles. The van der Waals surface area contributed by atoms with Gasteiger partial charge in [-0.1, -0.05) is 37.6 Å². The highest BCUT2D eigenvalue weighted by Gasteiger charge is 2.18. The maximum absolute atomic E-state index is 12.1. The van der Waals surface area contributed by atoms with Crippen LogP contribution in [0.3, 0.4) is 0 Å². The Morgan fingerprint density at radius 2 is 1.92 bits per heavy atom. The van der Waals surface area contributed by atoms with Gasteiger partial charge < -0.3 is 10.6 Å². The molecule has 1 rings (SSSR count). The van der Waals surface area contributed by atoms with Gasteiger partial charge in [0.05, 0.1) is 5.75 Å². The van der Waals surface area contributed by atoms with E-state index in [2.05, 4.69) is 15.6 Å². The van der Waals surface area contributed by atoms with Crippen LogP contribution in [-0.4, -0.2) is 51.1 Å². The molecule has 0 heterocycles. The first-order chi connectivity index (χ1) is 10.9. The van der Waals surface area contributed by atoms with E-state index in [1.165, 1.54) is 4.31 Å². The van der Waals surface area contributed by atoms with Crippen LogP contribution in [0.5, 0.6) is 0 Å². The lowest BCUT2D eigenvalue weighted by Gasteiger charge is -2.19. The third-order valence-electron chi connectivity index (χ3n) is 3.32. The van der Waals surface area contributed by atoms with Gasteiger partial charge in [-0.2, -0.15) is 0 Å². The molecule has 0 amide bonds. The van der Waals surface area contributed by atoms with Crippen LogP contribution in [0.1, 0.15) is 19.4 Å². The third kappa shape index (κ3) is 8.00. The van der Waals surface area contributed by atoms with Crippen molar-refractivity contribution in [1.82, 2.24) is 14.9 Å². The summed E-state index contributed by atoms with van der Waals surface area (Å²) in [4.78, 5) is 4.08. The molecule has 24 heavy (non-hydrogen) atoms. The van der Waals surface area contributed by atoms with Gasteiger partial charge in [0.25, 0.3) is 0 Å². The van der Waals surface area contributed by atoms with Crippen LogP contribution < -0.4 is 10.6 Å². The number of halogens is 2. The SMILES string of the molecule is CCN(CC)S(=O)(=O)CCNC(=NC)NCc1cccc(Cl)c1.I. The van der Waals surface area contributed by atoms with Crippen LogP contribution in [0.25, 0.3) is 0 Å². The molecule has 1 aromatic rings. The maximum Gasteiger partial charge on any atom is 0.215 e. The predicted octanol–water partition coefficient (Wildman–Crippen LogP) is 2.29. The molecule has 1 aromatic carbocycles. The summed E-state index contributed by atoms with van der Waals surface area (Å²) in [6.45, 7) is 5.50. The van der Waals surface area contributed by atoms with Crippen molar-refractivity contribution in [3.05, 3.63) is 34.9 Å². The van der Waals surface area contributed by atoms with E-state index >= 15 is 0 Å². The van der Waals surface area contributed by atoms with Crippen LogP contribution in [-0.2, 0) is 16.6 Å². The summed E-state index contributed by atoms with van der Waals surface area (Å²) in [7, 11) is -1.58. The number of rotatable bonds is 8. The van der Waals surface area contributed by atoms with Gasteiger partial charge in [-0.05, 0) is 17.7 Å². The van der Waals surface area contributed by atoms with Crippen LogP contribution in [0, 0.1) is 0 Å². The van der Waals surface area contributed by atoms with E-state index < -0.39 is 10.0 Å². The Bertz CT molecular complexity index is 622. The van der Waals surface area contributed by atoms with Crippen molar-refractivity contribution in [3.8, 4) is 0 Å². The minimum Gasteiger partial charge on any atom is -0.355 e. The molecule has 0 aliphatic heterocycles. The van der Waals surface area contributed by atoms with Gasteiger partial charge in [0.15, 0.2) is 5.96 Å². The zero-order valence-electron chi connectivity index (χ0n) is 14.3. The average Bonchev–Trinajstić information content (AvgIpc) is 2.51. The lowest BCUT2D eigenvalue weighted by atomic mass is 10.2. The molecule has 0 aromatic heterocycles. The highest BCUT2D eigenvalue weighted by atomic mass is 127. The Hall–Kier alpha value is -0.580. The molecule has 0 atom stereocenters. The summed E-state index contributed by atoms with van der Waals surface area (Å²) in [5, 5.41) is 6.82. The smallest absolute Gasteiger partial charge is 0.215 e. The molecular formula is C15H26ClIN4O2S. The fourth-order valence-corrected chi connectivity index (χ4v) is 3.72. The van der Waals surface area contributed by atoms with E-state index in [9.17, 15) is 8.42 Å². The maximum atomic E-state index is 12.1. The minimum absolute atomic E-state index is 0. The molecule has 0 aliphatic carbocycles. The number of aliphatic imine (C=N–C) groups is 1. The van der Waals surface area contributed by atoms with E-state index in [4.69, 9.17) is 11.6 Å². The Balaban J connectivity index is 0.00000529. The monoisotopic (exact) mass is 488 g/mol. The molecule has 6 nitrogen and oxygen atoms in total. The van der Waals surface area contributed by atoms with E-state index in [0.29, 0.717) is 37.2 Å². The van der Waals surface area contributed by atoms with Gasteiger partial charge in [0.2, 0.25) is 10.0 Å². The number of hydrogen-bond donors (Lipinski definition) is 2. The Labute approximate surface area is 167 Å². The zero-order chi connectivity index (χ0) is 17.3. The molecule has 0 unspecified atom stereocenters. The van der Waals surface area contributed by atoms with Crippen LogP contribution in [0.4, 0.5) is 0 Å². The topological polar surface area (TPSA) is 73.8 Å². The van der Waals surface area contributed by atoms with Crippen molar-refractivity contribution in [3.63, 3.8) is 0 Å². The number of nitrogens with one attached hydrogen (secondary N) is 2. The summed E-state index contributed by atoms with van der Waals surface area (Å²) >= 11 is 5.94. The first kappa shape index (κ1) is 23.4. The van der Waals surface area contributed by atoms with Crippen LogP contribution in [0.2, 0.25) is 5.02 Å². The normalized spacial score (nSPS) is 12.0. The number of guanidine groups is 1. The largest absolute Gasteiger partial charge is 0.355 e. The van der Waals surface area contributed by atoms with E-state index in [1.54, 1.807) is 7.05 Å². The minimum atomic E-state index is -3.23. The fourth-order valence-electron chi connectivity index (χ4n) is 2.10. The summed E-state index contributed by atoms with van der Waals surface area (Å²) in [5.41, 5.74) is 1.02. The molecule has 0 spiro atoms. The number of hydrogen-bond acceptors (Lipinski definition) is 3. The van der Waals surface area contributed by atoms with E-state index in [0.717, 1.165) is 5.56 Å². The molecule has 0 aliphatic rings. The number of nitrogens with zero attached hydrogens (tertiary/aromatic N) is 2. The second-order valence-corrected chi connectivity index (χ2v) is 7.41. The Morgan fingerprint density at radius 1 is 1.25 bits per heavy atom. The lowest BCUT2D eigenvalue weighted by molar-refractivity contribution is 0.445. The van der Waals surface area contributed by atoms with Gasteiger partial charge in [-0.15, -0.1) is 24.0 Å². The van der Waals surface area contributed by atoms with Gasteiger partial charge in [0, 0.05) is 38.2 Å². The van der Waals surface area contributed by atoms with Gasteiger partial charge in [0.1, 0.15) is 0 Å². The lowest BCUT2D eigenvalue weighted by Crippen LogP contribution is -2.41. The zero-order valence-corrected chi connectivity index (χ0v) is 18.2. The third-order valence-corrected chi connectivity index (χ3v) is 5.58. The Kier molecular flexibility index (Phi) is 11.6. The second-order valence-electron chi connectivity index (χ2n) is 4.88. The van der Waals surface area contributed by atoms with Crippen LogP contribution in [0.15, 0.2) is 29.3 Å². The molecule has 2 N–H and O–H groups in total. The highest BCUT2D eigenvalue weighted by Crippen LogP contribution is 2.10. The number of sulfonamides is 1. The summed E-state index contributed by atoms with van der Waals surface area (Å²) < 4.78 is 25.6. The standard InChI is InChI=1S/C15H25ClN4O2S.HI/c1-4-20(5-2)23(21,22)10-9-18-15(17-3)19-12-13-7-6-8-14(16)11-13;/h6-8,11H,4-5,9-10,12H2,1-3H3,(H2,17,18,19);1H. The van der Waals surface area contributed by atoms with Gasteiger partial charge in [-0.25, -0.2) is 12.7 Å². The second kappa shape index (κ2) is 11.9. The highest BCUT2D eigenvalue weighted by molar-refractivity contribution is 14.0. The predicted molar refractivity (Wildman–Crippen MR) is 112 cm³/mol. The van der Waals surface area contributed by atoms with Crippen molar-refractivity contribution in [2.45, 2.75) is 20.4 Å². The van der Waals surface area contributed by atoms with Crippen molar-refractivity contribution in [2.75, 3.05) is 32.4 Å². The summed E-state index contributed by atoms with van der Waals surface area (Å²) in [5.74, 6) is 0.590. The van der Waals surface area contributed by atoms with Crippen LogP contribution >= 0.6 is 35.6 Å². The molecule has 0 bridgehead atoms. The number of benzene rings is 1. The van der Waals surface area contributed by atoms with Crippen molar-refractivity contribution < 1.29 is 8.42 Å². The molecular weight excluding hydrogens is 463 g/mol.